The molecule has 13 heavy (non-hydrogen) atoms. The van der Waals surface area contributed by atoms with Crippen molar-refractivity contribution in [3.63, 3.8) is 0 Å². The van der Waals surface area contributed by atoms with Gasteiger partial charge in [0.25, 0.3) is 0 Å². The van der Waals surface area contributed by atoms with Gasteiger partial charge in [-0.05, 0) is 24.4 Å². The molecule has 1 N–H and O–H groups in total. The van der Waals surface area contributed by atoms with Gasteiger partial charge in [-0.15, -0.1) is 0 Å². The molecule has 0 aliphatic carbocycles. The fraction of sp³-hybridized carbons (Fsp3) is 0.250. The lowest BCUT2D eigenvalue weighted by Gasteiger charge is -2.00. The minimum absolute atomic E-state index is 0.635. The molecule has 0 fully saturated rings. The van der Waals surface area contributed by atoms with Crippen LogP contribution >= 0.6 is 12.2 Å². The number of hydrogen-bond acceptors (Lipinski definition) is 2. The van der Waals surface area contributed by atoms with E-state index >= 15 is 0 Å². The Bertz CT molecular complexity index is 476. The molecule has 0 aliphatic heterocycles. The first-order valence-corrected chi connectivity index (χ1v) is 4.34. The van der Waals surface area contributed by atoms with Crippen LogP contribution in [0.4, 0.5) is 0 Å². The van der Waals surface area contributed by atoms with Gasteiger partial charge in [0.2, 0.25) is 0 Å². The van der Waals surface area contributed by atoms with Gasteiger partial charge in [-0.25, -0.2) is 0 Å². The third-order valence-electron chi connectivity index (χ3n) is 2.05. The van der Waals surface area contributed by atoms with Gasteiger partial charge in [0.1, 0.15) is 0 Å². The number of H-pyrrole nitrogens is 1. The predicted molar refractivity (Wildman–Crippen MR) is 52.8 cm³/mol. The normalized spacial score (nSPS) is 10.6. The number of aromatic amines is 1. The first kappa shape index (κ1) is 8.25. The molecule has 0 saturated heterocycles. The smallest absolute Gasteiger partial charge is 0.195 e. The van der Waals surface area contributed by atoms with Crippen LogP contribution in [0.3, 0.4) is 0 Å². The van der Waals surface area contributed by atoms with Crippen molar-refractivity contribution in [2.45, 2.75) is 0 Å². The van der Waals surface area contributed by atoms with Crippen molar-refractivity contribution in [2.24, 2.45) is 14.1 Å². The van der Waals surface area contributed by atoms with E-state index in [1.165, 1.54) is 0 Å². The third-order valence-corrected chi connectivity index (χ3v) is 2.42. The SMILES string of the molecule is Cn1cccc1-c1n[nH]c(=S)n1C. The summed E-state index contributed by atoms with van der Waals surface area (Å²) in [6.45, 7) is 0. The monoisotopic (exact) mass is 194 g/mol. The highest BCUT2D eigenvalue weighted by molar-refractivity contribution is 7.71. The summed E-state index contributed by atoms with van der Waals surface area (Å²) in [5.74, 6) is 0.859. The van der Waals surface area contributed by atoms with E-state index in [-0.39, 0.29) is 0 Å². The van der Waals surface area contributed by atoms with Crippen molar-refractivity contribution in [3.8, 4) is 11.5 Å². The second-order valence-corrected chi connectivity index (χ2v) is 3.30. The maximum Gasteiger partial charge on any atom is 0.195 e. The van der Waals surface area contributed by atoms with Gasteiger partial charge in [-0.1, -0.05) is 0 Å². The van der Waals surface area contributed by atoms with Gasteiger partial charge in [0.05, 0.1) is 5.69 Å². The van der Waals surface area contributed by atoms with Gasteiger partial charge in [0, 0.05) is 20.3 Å². The maximum absolute atomic E-state index is 5.03. The van der Waals surface area contributed by atoms with E-state index in [9.17, 15) is 0 Å². The van der Waals surface area contributed by atoms with Crippen LogP contribution in [0.1, 0.15) is 0 Å². The molecular weight excluding hydrogens is 184 g/mol. The Balaban J connectivity index is 2.65. The van der Waals surface area contributed by atoms with E-state index in [0.29, 0.717) is 4.77 Å². The quantitative estimate of drug-likeness (QED) is 0.698. The molecule has 0 bridgehead atoms. The molecule has 0 unspecified atom stereocenters. The highest BCUT2D eigenvalue weighted by Gasteiger charge is 2.07. The summed E-state index contributed by atoms with van der Waals surface area (Å²) in [5, 5.41) is 6.90. The predicted octanol–water partition coefficient (Wildman–Crippen LogP) is 1.48. The van der Waals surface area contributed by atoms with Crippen LogP contribution in [0.15, 0.2) is 18.3 Å². The van der Waals surface area contributed by atoms with E-state index in [2.05, 4.69) is 10.2 Å². The Morgan fingerprint density at radius 2 is 2.23 bits per heavy atom. The molecule has 68 valence electrons. The zero-order valence-corrected chi connectivity index (χ0v) is 8.30. The maximum atomic E-state index is 5.03. The molecule has 0 aliphatic rings. The molecule has 2 rings (SSSR count). The summed E-state index contributed by atoms with van der Waals surface area (Å²) in [6, 6.07) is 3.98. The molecule has 5 heteroatoms. The summed E-state index contributed by atoms with van der Waals surface area (Å²) < 4.78 is 4.49. The molecule has 0 radical (unpaired) electrons. The first-order valence-electron chi connectivity index (χ1n) is 3.93. The average molecular weight is 194 g/mol. The van der Waals surface area contributed by atoms with E-state index < -0.39 is 0 Å². The van der Waals surface area contributed by atoms with Crippen molar-refractivity contribution in [2.75, 3.05) is 0 Å². The molecule has 0 atom stereocenters. The second kappa shape index (κ2) is 2.85. The van der Waals surface area contributed by atoms with Gasteiger partial charge < -0.3 is 9.13 Å². The Hall–Kier alpha value is -1.36. The molecule has 2 aromatic heterocycles. The second-order valence-electron chi connectivity index (χ2n) is 2.92. The van der Waals surface area contributed by atoms with Crippen LogP contribution < -0.4 is 0 Å². The van der Waals surface area contributed by atoms with Crippen LogP contribution in [0.5, 0.6) is 0 Å². The lowest BCUT2D eigenvalue weighted by atomic mass is 10.4. The fourth-order valence-electron chi connectivity index (χ4n) is 1.27. The van der Waals surface area contributed by atoms with E-state index in [1.54, 1.807) is 0 Å². The number of nitrogens with one attached hydrogen (secondary N) is 1. The van der Waals surface area contributed by atoms with Crippen molar-refractivity contribution in [1.82, 2.24) is 19.3 Å². The zero-order valence-electron chi connectivity index (χ0n) is 7.48. The van der Waals surface area contributed by atoms with E-state index in [1.807, 2.05) is 41.6 Å². The van der Waals surface area contributed by atoms with Crippen molar-refractivity contribution in [1.29, 1.82) is 0 Å². The minimum atomic E-state index is 0.635. The highest BCUT2D eigenvalue weighted by atomic mass is 32.1. The molecular formula is C8H10N4S. The summed E-state index contributed by atoms with van der Waals surface area (Å²) >= 11 is 5.03. The molecule has 2 heterocycles. The summed E-state index contributed by atoms with van der Waals surface area (Å²) in [5.41, 5.74) is 1.05. The number of hydrogen-bond donors (Lipinski definition) is 1. The molecule has 0 spiro atoms. The standard InChI is InChI=1S/C8H10N4S/c1-11-5-3-4-6(11)7-9-10-8(13)12(7)2/h3-5H,1-2H3,(H,10,13). The summed E-state index contributed by atoms with van der Waals surface area (Å²) in [4.78, 5) is 0. The molecule has 0 aromatic carbocycles. The van der Waals surface area contributed by atoms with Gasteiger partial charge in [0.15, 0.2) is 10.6 Å². The Labute approximate surface area is 80.8 Å². The van der Waals surface area contributed by atoms with Gasteiger partial charge in [-0.3, -0.25) is 5.10 Å². The lowest BCUT2D eigenvalue weighted by Crippen LogP contribution is -1.97. The Kier molecular flexibility index (Phi) is 1.81. The summed E-state index contributed by atoms with van der Waals surface area (Å²) in [6.07, 6.45) is 1.98. The van der Waals surface area contributed by atoms with Gasteiger partial charge in [-0.2, -0.15) is 5.10 Å². The number of aromatic nitrogens is 4. The molecule has 2 aromatic rings. The Morgan fingerprint density at radius 3 is 2.69 bits per heavy atom. The number of aryl methyl sites for hydroxylation is 1. The highest BCUT2D eigenvalue weighted by Crippen LogP contribution is 2.15. The fourth-order valence-corrected chi connectivity index (χ4v) is 1.40. The first-order chi connectivity index (χ1) is 6.20. The third kappa shape index (κ3) is 1.21. The zero-order chi connectivity index (χ0) is 9.42. The van der Waals surface area contributed by atoms with Crippen LogP contribution in [0, 0.1) is 4.77 Å². The minimum Gasteiger partial charge on any atom is -0.348 e. The average Bonchev–Trinajstić information content (AvgIpc) is 2.62. The van der Waals surface area contributed by atoms with Gasteiger partial charge >= 0.3 is 0 Å². The van der Waals surface area contributed by atoms with Crippen molar-refractivity contribution in [3.05, 3.63) is 23.1 Å². The number of rotatable bonds is 1. The van der Waals surface area contributed by atoms with Crippen LogP contribution in [-0.2, 0) is 14.1 Å². The summed E-state index contributed by atoms with van der Waals surface area (Å²) in [7, 11) is 3.88. The van der Waals surface area contributed by atoms with E-state index in [0.717, 1.165) is 11.5 Å². The van der Waals surface area contributed by atoms with Crippen molar-refractivity contribution >= 4 is 12.2 Å². The molecule has 0 saturated carbocycles. The van der Waals surface area contributed by atoms with Crippen LogP contribution in [0.2, 0.25) is 0 Å². The van der Waals surface area contributed by atoms with Crippen LogP contribution in [0.25, 0.3) is 11.5 Å². The molecule has 4 nitrogen and oxygen atoms in total. The van der Waals surface area contributed by atoms with E-state index in [4.69, 9.17) is 12.2 Å². The topological polar surface area (TPSA) is 38.5 Å². The number of nitrogens with zero attached hydrogens (tertiary/aromatic N) is 3. The largest absolute Gasteiger partial charge is 0.348 e. The Morgan fingerprint density at radius 1 is 1.46 bits per heavy atom. The van der Waals surface area contributed by atoms with Crippen molar-refractivity contribution < 1.29 is 0 Å². The lowest BCUT2D eigenvalue weighted by molar-refractivity contribution is 0.865. The van der Waals surface area contributed by atoms with Crippen LogP contribution in [-0.4, -0.2) is 19.3 Å². The molecule has 0 amide bonds.